The third kappa shape index (κ3) is 9.91. The van der Waals surface area contributed by atoms with Gasteiger partial charge in [-0.3, -0.25) is 9.59 Å². The zero-order chi connectivity index (χ0) is 36.5. The molecule has 2 heterocycles. The first kappa shape index (κ1) is 37.6. The Morgan fingerprint density at radius 1 is 0.760 bits per heavy atom. The number of esters is 2. The summed E-state index contributed by atoms with van der Waals surface area (Å²) in [7, 11) is 0. The van der Waals surface area contributed by atoms with Crippen LogP contribution < -0.4 is 9.47 Å². The highest BCUT2D eigenvalue weighted by molar-refractivity contribution is 5.74. The smallest absolute Gasteiger partial charge is 0.305 e. The van der Waals surface area contributed by atoms with E-state index >= 15 is 0 Å². The van der Waals surface area contributed by atoms with E-state index in [2.05, 4.69) is 11.9 Å². The topological polar surface area (TPSA) is 159 Å². The van der Waals surface area contributed by atoms with Gasteiger partial charge in [-0.1, -0.05) is 31.5 Å². The van der Waals surface area contributed by atoms with Gasteiger partial charge >= 0.3 is 11.9 Å². The molecule has 0 amide bonds. The highest BCUT2D eigenvalue weighted by atomic mass is 16.7. The summed E-state index contributed by atoms with van der Waals surface area (Å²) < 4.78 is 26.7. The maximum absolute atomic E-state index is 11.4. The van der Waals surface area contributed by atoms with Crippen molar-refractivity contribution in [3.8, 4) is 57.2 Å². The van der Waals surface area contributed by atoms with Gasteiger partial charge in [-0.15, -0.1) is 0 Å². The molecule has 0 aliphatic carbocycles. The number of aromatic hydroxyl groups is 2. The lowest BCUT2D eigenvalue weighted by molar-refractivity contribution is -0.162. The van der Waals surface area contributed by atoms with Gasteiger partial charge in [-0.05, 0) is 69.5 Å². The molecule has 2 N–H and O–H groups in total. The van der Waals surface area contributed by atoms with Crippen LogP contribution in [-0.4, -0.2) is 62.4 Å². The fraction of sp³-hybridized carbons (Fsp3) is 0.395. The van der Waals surface area contributed by atoms with Crippen LogP contribution in [0.15, 0.2) is 48.5 Å². The van der Waals surface area contributed by atoms with Crippen LogP contribution in [0, 0.1) is 20.8 Å². The van der Waals surface area contributed by atoms with E-state index in [0.29, 0.717) is 35.9 Å². The zero-order valence-corrected chi connectivity index (χ0v) is 29.8. The normalized spacial score (nSPS) is 14.7. The van der Waals surface area contributed by atoms with Crippen LogP contribution in [0.4, 0.5) is 0 Å². The van der Waals surface area contributed by atoms with Crippen molar-refractivity contribution in [2.75, 3.05) is 6.61 Å². The number of aryl methyl sites for hydroxylation is 3. The van der Waals surface area contributed by atoms with Gasteiger partial charge in [0.25, 0.3) is 0 Å². The summed E-state index contributed by atoms with van der Waals surface area (Å²) in [6.45, 7) is 15.2. The van der Waals surface area contributed by atoms with E-state index in [9.17, 15) is 19.8 Å². The van der Waals surface area contributed by atoms with Crippen molar-refractivity contribution in [3.63, 3.8) is 0 Å². The number of benzene rings is 3. The summed E-state index contributed by atoms with van der Waals surface area (Å²) >= 11 is 0. The van der Waals surface area contributed by atoms with E-state index in [-0.39, 0.29) is 34.6 Å². The second-order valence-electron chi connectivity index (χ2n) is 12.0. The summed E-state index contributed by atoms with van der Waals surface area (Å²) in [5.41, 5.74) is 4.36. The predicted molar refractivity (Wildman–Crippen MR) is 187 cm³/mol. The molecule has 0 radical (unpaired) electrons. The molecule has 1 aliphatic heterocycles. The van der Waals surface area contributed by atoms with E-state index in [1.165, 1.54) is 32.4 Å². The van der Waals surface area contributed by atoms with Crippen LogP contribution in [0.2, 0.25) is 0 Å². The van der Waals surface area contributed by atoms with E-state index in [1.807, 2.05) is 32.9 Å². The van der Waals surface area contributed by atoms with Crippen molar-refractivity contribution in [2.45, 2.75) is 93.3 Å². The molecule has 3 aromatic carbocycles. The van der Waals surface area contributed by atoms with Crippen molar-refractivity contribution < 1.29 is 43.5 Å². The number of carbonyl (C=O) groups is 2. The molecule has 0 bridgehead atoms. The molecular weight excluding hydrogens is 642 g/mol. The highest BCUT2D eigenvalue weighted by Gasteiger charge is 2.21. The van der Waals surface area contributed by atoms with Gasteiger partial charge in [0, 0.05) is 51.0 Å². The van der Waals surface area contributed by atoms with E-state index in [1.54, 1.807) is 38.1 Å². The minimum atomic E-state index is -0.813. The van der Waals surface area contributed by atoms with E-state index < -0.39 is 24.5 Å². The Bertz CT molecular complexity index is 1710. The summed E-state index contributed by atoms with van der Waals surface area (Å²) in [4.78, 5) is 36.9. The number of phenols is 2. The first-order valence-electron chi connectivity index (χ1n) is 16.6. The Morgan fingerprint density at radius 2 is 1.16 bits per heavy atom. The molecule has 3 unspecified atom stereocenters. The minimum Gasteiger partial charge on any atom is -0.507 e. The maximum atomic E-state index is 11.4. The third-order valence-corrected chi connectivity index (χ3v) is 7.68. The third-order valence-electron chi connectivity index (χ3n) is 7.68. The number of phenolic OH excluding ortho intramolecular Hbond substituents is 2. The van der Waals surface area contributed by atoms with Crippen molar-refractivity contribution in [3.05, 3.63) is 65.2 Å². The average molecular weight is 688 g/mol. The van der Waals surface area contributed by atoms with Crippen LogP contribution in [0.5, 0.6) is 23.0 Å². The van der Waals surface area contributed by atoms with Gasteiger partial charge in [0.15, 0.2) is 17.5 Å². The molecule has 1 fully saturated rings. The van der Waals surface area contributed by atoms with Crippen LogP contribution in [0.25, 0.3) is 34.2 Å². The first-order chi connectivity index (χ1) is 23.8. The van der Waals surface area contributed by atoms with Gasteiger partial charge in [0.05, 0.1) is 17.2 Å². The number of carbonyl (C=O) groups excluding carboxylic acids is 2. The van der Waals surface area contributed by atoms with Crippen molar-refractivity contribution in [1.82, 2.24) is 15.0 Å². The predicted octanol–water partition coefficient (Wildman–Crippen LogP) is 7.36. The monoisotopic (exact) mass is 687 g/mol. The molecule has 0 spiro atoms. The standard InChI is InChI=1S/C34H37N3O8.C4H8O/c1-8-29(42-21(6)38)44-23-10-12-25(27(40)16-23)32-35-33(37-34(36-32)31-19(4)14-18(3)15-20(31)5)26-13-11-24(17-28(26)41)45-30(9-2)43-22(7)39;1-4-2-3-5-4/h10-17,29-30,40-41H,8-9H2,1-7H3;4H,2-3H2,1H3. The Kier molecular flexibility index (Phi) is 12.7. The van der Waals surface area contributed by atoms with Gasteiger partial charge < -0.3 is 33.9 Å². The lowest BCUT2D eigenvalue weighted by Crippen LogP contribution is -2.22. The SMILES string of the molecule is CC1CCO1.CCC(OC(C)=O)Oc1ccc(-c2nc(-c3ccc(OC(CC)OC(C)=O)cc3O)nc(-c3c(C)cc(C)cc3C)n2)c(O)c1. The Hall–Kier alpha value is -5.23. The van der Waals surface area contributed by atoms with Crippen LogP contribution >= 0.6 is 0 Å². The number of nitrogens with zero attached hydrogens (tertiary/aromatic N) is 3. The Labute approximate surface area is 292 Å². The molecule has 4 aromatic rings. The summed E-state index contributed by atoms with van der Waals surface area (Å²) in [6, 6.07) is 13.3. The van der Waals surface area contributed by atoms with Gasteiger partial charge in [0.1, 0.15) is 23.0 Å². The number of hydrogen-bond acceptors (Lipinski definition) is 12. The number of aromatic nitrogens is 3. The quantitative estimate of drug-likeness (QED) is 0.119. The van der Waals surface area contributed by atoms with E-state index in [0.717, 1.165) is 28.9 Å². The number of rotatable bonds is 11. The summed E-state index contributed by atoms with van der Waals surface area (Å²) in [6.07, 6.45) is 1.02. The molecule has 1 aromatic heterocycles. The Balaban J connectivity index is 0.00000103. The molecule has 3 atom stereocenters. The molecule has 50 heavy (non-hydrogen) atoms. The zero-order valence-electron chi connectivity index (χ0n) is 29.8. The summed E-state index contributed by atoms with van der Waals surface area (Å²) in [5, 5.41) is 22.1. The first-order valence-corrected chi connectivity index (χ1v) is 16.6. The molecule has 12 nitrogen and oxygen atoms in total. The average Bonchev–Trinajstić information content (AvgIpc) is 3.02. The van der Waals surface area contributed by atoms with Gasteiger partial charge in [-0.25, -0.2) is 15.0 Å². The second kappa shape index (κ2) is 16.9. The van der Waals surface area contributed by atoms with E-state index in [4.69, 9.17) is 33.7 Å². The summed E-state index contributed by atoms with van der Waals surface area (Å²) in [5.74, 6) is -0.0558. The number of ether oxygens (including phenoxy) is 5. The van der Waals surface area contributed by atoms with Gasteiger partial charge in [-0.2, -0.15) is 0 Å². The van der Waals surface area contributed by atoms with Gasteiger partial charge in [0.2, 0.25) is 12.6 Å². The maximum Gasteiger partial charge on any atom is 0.305 e. The molecule has 1 aliphatic rings. The molecule has 5 rings (SSSR count). The number of hydrogen-bond donors (Lipinski definition) is 2. The Morgan fingerprint density at radius 3 is 1.48 bits per heavy atom. The largest absolute Gasteiger partial charge is 0.507 e. The molecule has 12 heteroatoms. The van der Waals surface area contributed by atoms with Crippen LogP contribution in [0.3, 0.4) is 0 Å². The molecule has 266 valence electrons. The minimum absolute atomic E-state index is 0.158. The molecular formula is C38H45N3O9. The lowest BCUT2D eigenvalue weighted by atomic mass is 9.99. The van der Waals surface area contributed by atoms with Crippen molar-refractivity contribution >= 4 is 11.9 Å². The molecule has 1 saturated heterocycles. The fourth-order valence-corrected chi connectivity index (χ4v) is 5.22. The second-order valence-corrected chi connectivity index (χ2v) is 12.0. The van der Waals surface area contributed by atoms with Crippen molar-refractivity contribution in [2.24, 2.45) is 0 Å². The lowest BCUT2D eigenvalue weighted by Gasteiger charge is -2.20. The fourth-order valence-electron chi connectivity index (χ4n) is 5.22. The highest BCUT2D eigenvalue weighted by Crippen LogP contribution is 2.37. The van der Waals surface area contributed by atoms with Crippen LogP contribution in [-0.2, 0) is 23.8 Å². The molecule has 0 saturated carbocycles. The van der Waals surface area contributed by atoms with Crippen molar-refractivity contribution in [1.29, 1.82) is 0 Å². The van der Waals surface area contributed by atoms with Crippen LogP contribution in [0.1, 0.15) is 70.6 Å².